The van der Waals surface area contributed by atoms with Gasteiger partial charge in [0.1, 0.15) is 0 Å². The molecule has 1 N–H and O–H groups in total. The molecule has 0 aromatic heterocycles. The Morgan fingerprint density at radius 3 is 2.63 bits per heavy atom. The van der Waals surface area contributed by atoms with E-state index in [-0.39, 0.29) is 5.91 Å². The first-order valence-corrected chi connectivity index (χ1v) is 7.23. The van der Waals surface area contributed by atoms with Gasteiger partial charge in [-0.1, -0.05) is 30.3 Å². The Hall–Kier alpha value is -1.35. The second-order valence-electron chi connectivity index (χ2n) is 5.54. The summed E-state index contributed by atoms with van der Waals surface area (Å²) in [4.78, 5) is 14.2. The molecule has 1 aliphatic heterocycles. The summed E-state index contributed by atoms with van der Waals surface area (Å²) in [5, 5.41) is 3.04. The Kier molecular flexibility index (Phi) is 5.40. The van der Waals surface area contributed by atoms with E-state index < -0.39 is 0 Å². The van der Waals surface area contributed by atoms with Crippen LogP contribution >= 0.6 is 0 Å². The molecule has 2 rings (SSSR count). The van der Waals surface area contributed by atoms with Crippen LogP contribution in [0.5, 0.6) is 0 Å². The number of piperidine rings is 1. The van der Waals surface area contributed by atoms with Crippen molar-refractivity contribution in [2.75, 3.05) is 26.7 Å². The van der Waals surface area contributed by atoms with Crippen molar-refractivity contribution in [1.29, 1.82) is 0 Å². The third-order valence-corrected chi connectivity index (χ3v) is 3.89. The zero-order chi connectivity index (χ0) is 13.5. The Bertz CT molecular complexity index is 383. The first-order chi connectivity index (χ1) is 9.24. The van der Waals surface area contributed by atoms with Crippen LogP contribution in [0.4, 0.5) is 0 Å². The normalized spacial score (nSPS) is 17.3. The molecule has 3 heteroatoms. The Balaban J connectivity index is 1.62. The predicted molar refractivity (Wildman–Crippen MR) is 78.0 cm³/mol. The number of benzene rings is 1. The van der Waals surface area contributed by atoms with Gasteiger partial charge in [0.25, 0.3) is 0 Å². The average Bonchev–Trinajstić information content (AvgIpc) is 2.43. The topological polar surface area (TPSA) is 32.3 Å². The Morgan fingerprint density at radius 2 is 1.95 bits per heavy atom. The average molecular weight is 260 g/mol. The van der Waals surface area contributed by atoms with E-state index in [4.69, 9.17) is 0 Å². The fraction of sp³-hybridized carbons (Fsp3) is 0.562. The van der Waals surface area contributed by atoms with Crippen LogP contribution in [0.1, 0.15) is 24.8 Å². The highest BCUT2D eigenvalue weighted by Crippen LogP contribution is 2.19. The van der Waals surface area contributed by atoms with Crippen LogP contribution in [-0.4, -0.2) is 37.5 Å². The fourth-order valence-electron chi connectivity index (χ4n) is 2.59. The molecule has 0 radical (unpaired) electrons. The van der Waals surface area contributed by atoms with Crippen molar-refractivity contribution in [2.45, 2.75) is 25.7 Å². The van der Waals surface area contributed by atoms with E-state index in [9.17, 15) is 4.79 Å². The minimum Gasteiger partial charge on any atom is -0.356 e. The van der Waals surface area contributed by atoms with E-state index >= 15 is 0 Å². The number of carbonyl (C=O) groups is 1. The van der Waals surface area contributed by atoms with Gasteiger partial charge in [-0.15, -0.1) is 0 Å². The van der Waals surface area contributed by atoms with Crippen LogP contribution in [0.3, 0.4) is 0 Å². The highest BCUT2D eigenvalue weighted by Gasteiger charge is 2.19. The second kappa shape index (κ2) is 7.29. The lowest BCUT2D eigenvalue weighted by Crippen LogP contribution is -2.34. The van der Waals surface area contributed by atoms with Gasteiger partial charge in [0.05, 0.1) is 0 Å². The minimum atomic E-state index is 0.213. The summed E-state index contributed by atoms with van der Waals surface area (Å²) in [5.74, 6) is 0.790. The number of hydrogen-bond donors (Lipinski definition) is 1. The molecule has 1 aliphatic rings. The molecule has 1 saturated heterocycles. The first kappa shape index (κ1) is 14.1. The number of nitrogens with zero attached hydrogens (tertiary/aromatic N) is 1. The van der Waals surface area contributed by atoms with E-state index in [2.05, 4.69) is 29.4 Å². The molecule has 0 spiro atoms. The van der Waals surface area contributed by atoms with Crippen molar-refractivity contribution in [3.8, 4) is 0 Å². The molecule has 0 unspecified atom stereocenters. The maximum absolute atomic E-state index is 11.9. The molecule has 1 heterocycles. The monoisotopic (exact) mass is 260 g/mol. The first-order valence-electron chi connectivity index (χ1n) is 7.23. The molecule has 3 nitrogen and oxygen atoms in total. The van der Waals surface area contributed by atoms with Gasteiger partial charge in [0.2, 0.25) is 5.91 Å². The van der Waals surface area contributed by atoms with Crippen molar-refractivity contribution in [1.82, 2.24) is 10.2 Å². The Labute approximate surface area is 116 Å². The predicted octanol–water partition coefficient (Wildman–Crippen LogP) is 2.08. The van der Waals surface area contributed by atoms with Crippen molar-refractivity contribution in [2.24, 2.45) is 5.92 Å². The van der Waals surface area contributed by atoms with E-state index in [1.165, 1.54) is 5.56 Å². The number of likely N-dealkylation sites (tertiary alicyclic amines) is 1. The maximum atomic E-state index is 11.9. The zero-order valence-corrected chi connectivity index (χ0v) is 11.8. The molecule has 104 valence electrons. The van der Waals surface area contributed by atoms with Gasteiger partial charge >= 0.3 is 0 Å². The molecular weight excluding hydrogens is 236 g/mol. The fourth-order valence-corrected chi connectivity index (χ4v) is 2.59. The van der Waals surface area contributed by atoms with Crippen LogP contribution in [0.2, 0.25) is 0 Å². The third kappa shape index (κ3) is 5.03. The van der Waals surface area contributed by atoms with Gasteiger partial charge in [0, 0.05) is 13.0 Å². The summed E-state index contributed by atoms with van der Waals surface area (Å²) < 4.78 is 0. The molecule has 0 aliphatic carbocycles. The number of rotatable bonds is 5. The lowest BCUT2D eigenvalue weighted by atomic mass is 9.93. The molecule has 1 fully saturated rings. The SMILES string of the molecule is CN1CCC(CC(=O)NCCc2ccccc2)CC1. The summed E-state index contributed by atoms with van der Waals surface area (Å²) >= 11 is 0. The number of amides is 1. The van der Waals surface area contributed by atoms with E-state index in [1.54, 1.807) is 0 Å². The standard InChI is InChI=1S/C16H24N2O/c1-18-11-8-15(9-12-18)13-16(19)17-10-7-14-5-3-2-4-6-14/h2-6,15H,7-13H2,1H3,(H,17,19). The smallest absolute Gasteiger partial charge is 0.220 e. The van der Waals surface area contributed by atoms with Gasteiger partial charge in [-0.05, 0) is 50.9 Å². The summed E-state index contributed by atoms with van der Waals surface area (Å²) in [6.45, 7) is 3.00. The number of hydrogen-bond acceptors (Lipinski definition) is 2. The largest absolute Gasteiger partial charge is 0.356 e. The van der Waals surface area contributed by atoms with Crippen LogP contribution in [0, 0.1) is 5.92 Å². The van der Waals surface area contributed by atoms with E-state index in [0.717, 1.165) is 38.9 Å². The molecule has 1 aromatic rings. The molecule has 0 bridgehead atoms. The molecule has 0 saturated carbocycles. The second-order valence-corrected chi connectivity index (χ2v) is 5.54. The Morgan fingerprint density at radius 1 is 1.26 bits per heavy atom. The van der Waals surface area contributed by atoms with Crippen LogP contribution in [-0.2, 0) is 11.2 Å². The van der Waals surface area contributed by atoms with Crippen molar-refractivity contribution < 1.29 is 4.79 Å². The molecule has 1 amide bonds. The summed E-state index contributed by atoms with van der Waals surface area (Å²) in [6.07, 6.45) is 3.92. The molecule has 19 heavy (non-hydrogen) atoms. The summed E-state index contributed by atoms with van der Waals surface area (Å²) in [5.41, 5.74) is 1.28. The van der Waals surface area contributed by atoms with Gasteiger partial charge < -0.3 is 10.2 Å². The van der Waals surface area contributed by atoms with E-state index in [0.29, 0.717) is 12.3 Å². The highest BCUT2D eigenvalue weighted by atomic mass is 16.1. The van der Waals surface area contributed by atoms with Gasteiger partial charge in [-0.2, -0.15) is 0 Å². The lowest BCUT2D eigenvalue weighted by Gasteiger charge is -2.28. The summed E-state index contributed by atoms with van der Waals surface area (Å²) in [6, 6.07) is 10.3. The highest BCUT2D eigenvalue weighted by molar-refractivity contribution is 5.76. The molecular formula is C16H24N2O. The van der Waals surface area contributed by atoms with Crippen molar-refractivity contribution in [3.63, 3.8) is 0 Å². The van der Waals surface area contributed by atoms with Crippen molar-refractivity contribution in [3.05, 3.63) is 35.9 Å². The lowest BCUT2D eigenvalue weighted by molar-refractivity contribution is -0.122. The summed E-state index contributed by atoms with van der Waals surface area (Å²) in [7, 11) is 2.15. The molecule has 1 aromatic carbocycles. The van der Waals surface area contributed by atoms with Gasteiger partial charge in [-0.25, -0.2) is 0 Å². The number of carbonyl (C=O) groups excluding carboxylic acids is 1. The molecule has 0 atom stereocenters. The maximum Gasteiger partial charge on any atom is 0.220 e. The quantitative estimate of drug-likeness (QED) is 0.879. The van der Waals surface area contributed by atoms with Gasteiger partial charge in [0.15, 0.2) is 0 Å². The number of nitrogens with one attached hydrogen (secondary N) is 1. The van der Waals surface area contributed by atoms with Gasteiger partial charge in [-0.3, -0.25) is 4.79 Å². The van der Waals surface area contributed by atoms with E-state index in [1.807, 2.05) is 18.2 Å². The zero-order valence-electron chi connectivity index (χ0n) is 11.8. The van der Waals surface area contributed by atoms with Crippen LogP contribution < -0.4 is 5.32 Å². The van der Waals surface area contributed by atoms with Crippen molar-refractivity contribution >= 4 is 5.91 Å². The van der Waals surface area contributed by atoms with Crippen LogP contribution in [0.25, 0.3) is 0 Å². The van der Waals surface area contributed by atoms with Crippen LogP contribution in [0.15, 0.2) is 30.3 Å². The third-order valence-electron chi connectivity index (χ3n) is 3.89. The minimum absolute atomic E-state index is 0.213.